The van der Waals surface area contributed by atoms with Crippen LogP contribution >= 0.6 is 0 Å². The van der Waals surface area contributed by atoms with Gasteiger partial charge in [-0.25, -0.2) is 4.79 Å². The van der Waals surface area contributed by atoms with Crippen LogP contribution in [0.25, 0.3) is 0 Å². The van der Waals surface area contributed by atoms with Crippen LogP contribution in [0.2, 0.25) is 0 Å². The molecule has 0 radical (unpaired) electrons. The molecule has 0 aromatic heterocycles. The van der Waals surface area contributed by atoms with Crippen LogP contribution in [0.15, 0.2) is 36.4 Å². The van der Waals surface area contributed by atoms with Gasteiger partial charge in [0.1, 0.15) is 6.10 Å². The summed E-state index contributed by atoms with van der Waals surface area (Å²) in [4.78, 5) is 14.2. The Morgan fingerprint density at radius 3 is 2.07 bits per heavy atom. The average Bonchev–Trinajstić information content (AvgIpc) is 3.13. The molecule has 28 heavy (non-hydrogen) atoms. The van der Waals surface area contributed by atoms with Crippen molar-refractivity contribution in [2.75, 3.05) is 35.0 Å². The van der Waals surface area contributed by atoms with Crippen molar-refractivity contribution in [2.45, 2.75) is 19.1 Å². The molecule has 0 spiro atoms. The van der Waals surface area contributed by atoms with Gasteiger partial charge in [0, 0.05) is 0 Å². The van der Waals surface area contributed by atoms with Crippen molar-refractivity contribution in [1.82, 2.24) is 4.90 Å². The average molecular weight is 387 g/mol. The molecule has 1 aliphatic rings. The van der Waals surface area contributed by atoms with Crippen molar-refractivity contribution >= 4 is 6.09 Å². The molecule has 1 amide bonds. The molecular formula is C21H25NO6. The first-order chi connectivity index (χ1) is 13.5. The molecule has 7 heteroatoms. The van der Waals surface area contributed by atoms with Crippen molar-refractivity contribution in [3.8, 4) is 23.0 Å². The summed E-state index contributed by atoms with van der Waals surface area (Å²) in [5.74, 6) is 2.50. The molecule has 7 nitrogen and oxygen atoms in total. The zero-order valence-electron chi connectivity index (χ0n) is 16.7. The number of carbonyl (C=O) groups is 1. The Bertz CT molecular complexity index is 853. The first kappa shape index (κ1) is 19.7. The van der Waals surface area contributed by atoms with Crippen molar-refractivity contribution < 1.29 is 28.5 Å². The molecule has 1 heterocycles. The molecule has 2 aromatic rings. The number of hydrogen-bond donors (Lipinski definition) is 0. The molecule has 2 atom stereocenters. The summed E-state index contributed by atoms with van der Waals surface area (Å²) in [6.45, 7) is 2.39. The lowest BCUT2D eigenvalue weighted by Gasteiger charge is -2.23. The third kappa shape index (κ3) is 3.65. The summed E-state index contributed by atoms with van der Waals surface area (Å²) in [5, 5.41) is 0. The minimum Gasteiger partial charge on any atom is -0.493 e. The van der Waals surface area contributed by atoms with E-state index in [2.05, 4.69) is 0 Å². The largest absolute Gasteiger partial charge is 0.493 e. The van der Waals surface area contributed by atoms with Crippen LogP contribution < -0.4 is 18.9 Å². The van der Waals surface area contributed by atoms with Gasteiger partial charge >= 0.3 is 6.09 Å². The molecule has 1 fully saturated rings. The lowest BCUT2D eigenvalue weighted by Crippen LogP contribution is -2.27. The fourth-order valence-electron chi connectivity index (χ4n) is 3.32. The third-order valence-electron chi connectivity index (χ3n) is 4.98. The van der Waals surface area contributed by atoms with Gasteiger partial charge in [-0.1, -0.05) is 12.1 Å². The summed E-state index contributed by atoms with van der Waals surface area (Å²) in [5.41, 5.74) is 1.79. The van der Waals surface area contributed by atoms with E-state index in [4.69, 9.17) is 23.7 Å². The predicted molar refractivity (Wildman–Crippen MR) is 103 cm³/mol. The number of benzene rings is 2. The van der Waals surface area contributed by atoms with E-state index in [0.29, 0.717) is 29.5 Å². The van der Waals surface area contributed by atoms with Crippen LogP contribution in [0, 0.1) is 0 Å². The third-order valence-corrected chi connectivity index (χ3v) is 4.98. The summed E-state index contributed by atoms with van der Waals surface area (Å²) >= 11 is 0. The van der Waals surface area contributed by atoms with Crippen molar-refractivity contribution in [2.24, 2.45) is 0 Å². The quantitative estimate of drug-likeness (QED) is 0.716. The minimum atomic E-state index is -0.380. The maximum Gasteiger partial charge on any atom is 0.411 e. The summed E-state index contributed by atoms with van der Waals surface area (Å²) in [6, 6.07) is 11.0. The number of carbonyl (C=O) groups excluding carboxylic acids is 1. The fraction of sp³-hybridized carbons (Fsp3) is 0.381. The fourth-order valence-corrected chi connectivity index (χ4v) is 3.32. The van der Waals surface area contributed by atoms with Gasteiger partial charge < -0.3 is 23.7 Å². The van der Waals surface area contributed by atoms with E-state index in [-0.39, 0.29) is 18.2 Å². The Labute approximate surface area is 164 Å². The maximum atomic E-state index is 12.5. The van der Waals surface area contributed by atoms with Crippen LogP contribution in [-0.4, -0.2) is 46.0 Å². The summed E-state index contributed by atoms with van der Waals surface area (Å²) in [7, 11) is 6.34. The molecule has 0 saturated carbocycles. The van der Waals surface area contributed by atoms with Gasteiger partial charge in [0.05, 0.1) is 41.0 Å². The first-order valence-corrected chi connectivity index (χ1v) is 8.93. The number of ether oxygens (including phenoxy) is 5. The normalized spacial score (nSPS) is 17.1. The Kier molecular flexibility index (Phi) is 5.82. The predicted octanol–water partition coefficient (Wildman–Crippen LogP) is 3.98. The van der Waals surface area contributed by atoms with Crippen LogP contribution in [0.1, 0.15) is 30.2 Å². The highest BCUT2D eigenvalue weighted by atomic mass is 16.6. The van der Waals surface area contributed by atoms with E-state index in [0.717, 1.165) is 11.1 Å². The number of rotatable bonds is 7. The zero-order valence-corrected chi connectivity index (χ0v) is 16.7. The Morgan fingerprint density at radius 2 is 1.46 bits per heavy atom. The molecule has 3 rings (SSSR count). The Balaban J connectivity index is 1.81. The van der Waals surface area contributed by atoms with Gasteiger partial charge in [0.25, 0.3) is 0 Å². The highest BCUT2D eigenvalue weighted by Gasteiger charge is 2.36. The van der Waals surface area contributed by atoms with Gasteiger partial charge in [0.2, 0.25) is 0 Å². The molecule has 1 aliphatic heterocycles. The summed E-state index contributed by atoms with van der Waals surface area (Å²) < 4.78 is 26.9. The molecule has 1 saturated heterocycles. The lowest BCUT2D eigenvalue weighted by atomic mass is 10.0. The number of methoxy groups -OCH3 is 4. The first-order valence-electron chi connectivity index (χ1n) is 8.93. The van der Waals surface area contributed by atoms with Gasteiger partial charge in [0.15, 0.2) is 23.0 Å². The minimum absolute atomic E-state index is 0.183. The number of hydrogen-bond acceptors (Lipinski definition) is 6. The second-order valence-corrected chi connectivity index (χ2v) is 6.43. The van der Waals surface area contributed by atoms with E-state index in [1.54, 1.807) is 33.3 Å². The topological polar surface area (TPSA) is 66.5 Å². The molecular weight excluding hydrogens is 362 g/mol. The molecule has 150 valence electrons. The second kappa shape index (κ2) is 8.29. The van der Waals surface area contributed by atoms with Crippen molar-refractivity contribution in [3.05, 3.63) is 47.5 Å². The van der Waals surface area contributed by atoms with Gasteiger partial charge in [-0.3, -0.25) is 4.90 Å². The zero-order chi connectivity index (χ0) is 20.3. The smallest absolute Gasteiger partial charge is 0.411 e. The van der Waals surface area contributed by atoms with Gasteiger partial charge in [-0.2, -0.15) is 0 Å². The van der Waals surface area contributed by atoms with E-state index >= 15 is 0 Å². The van der Waals surface area contributed by atoms with Crippen LogP contribution in [0.3, 0.4) is 0 Å². The van der Waals surface area contributed by atoms with E-state index in [1.807, 2.05) is 43.3 Å². The lowest BCUT2D eigenvalue weighted by molar-refractivity contribution is 0.129. The molecule has 0 bridgehead atoms. The van der Waals surface area contributed by atoms with E-state index in [9.17, 15) is 4.79 Å². The van der Waals surface area contributed by atoms with Crippen LogP contribution in [0.5, 0.6) is 23.0 Å². The highest BCUT2D eigenvalue weighted by Crippen LogP contribution is 2.38. The Hall–Kier alpha value is -3.09. The second-order valence-electron chi connectivity index (χ2n) is 6.43. The summed E-state index contributed by atoms with van der Waals surface area (Å²) in [6.07, 6.45) is -0.739. The standard InChI is InChI=1S/C21H25NO6/c1-13(14-6-8-16(24-2)18(10-14)26-4)22-12-20(28-21(22)23)15-7-9-17(25-3)19(11-15)27-5/h6-11,13,20H,12H2,1-5H3. The number of nitrogens with zero attached hydrogens (tertiary/aromatic N) is 1. The van der Waals surface area contributed by atoms with Crippen molar-refractivity contribution in [1.29, 1.82) is 0 Å². The van der Waals surface area contributed by atoms with Gasteiger partial charge in [-0.15, -0.1) is 0 Å². The highest BCUT2D eigenvalue weighted by molar-refractivity contribution is 5.71. The molecule has 0 N–H and O–H groups in total. The van der Waals surface area contributed by atoms with Crippen LogP contribution in [0.4, 0.5) is 4.79 Å². The number of amides is 1. The van der Waals surface area contributed by atoms with Crippen LogP contribution in [-0.2, 0) is 4.74 Å². The molecule has 2 unspecified atom stereocenters. The Morgan fingerprint density at radius 1 is 0.893 bits per heavy atom. The van der Waals surface area contributed by atoms with E-state index in [1.165, 1.54) is 0 Å². The van der Waals surface area contributed by atoms with Crippen molar-refractivity contribution in [3.63, 3.8) is 0 Å². The van der Waals surface area contributed by atoms with Gasteiger partial charge in [-0.05, 0) is 42.3 Å². The molecule has 0 aliphatic carbocycles. The molecule has 2 aromatic carbocycles. The SMILES string of the molecule is COc1ccc(C2CN(C(C)c3ccc(OC)c(OC)c3)C(=O)O2)cc1OC. The van der Waals surface area contributed by atoms with E-state index < -0.39 is 0 Å². The monoisotopic (exact) mass is 387 g/mol. The number of cyclic esters (lactones) is 1. The maximum absolute atomic E-state index is 12.5.